The van der Waals surface area contributed by atoms with Crippen LogP contribution in [0.2, 0.25) is 0 Å². The highest BCUT2D eigenvalue weighted by atomic mass is 16.1. The molecule has 0 radical (unpaired) electrons. The van der Waals surface area contributed by atoms with Gasteiger partial charge in [0.2, 0.25) is 0 Å². The van der Waals surface area contributed by atoms with Crippen LogP contribution < -0.4 is 10.6 Å². The Bertz CT molecular complexity index is 519. The number of benzene rings is 1. The van der Waals surface area contributed by atoms with Crippen molar-refractivity contribution in [2.75, 3.05) is 17.7 Å². The van der Waals surface area contributed by atoms with Crippen LogP contribution in [0.15, 0.2) is 30.6 Å². The van der Waals surface area contributed by atoms with Gasteiger partial charge in [0.25, 0.3) is 5.91 Å². The van der Waals surface area contributed by atoms with Gasteiger partial charge in [-0.1, -0.05) is 0 Å². The van der Waals surface area contributed by atoms with Crippen LogP contribution in [0.3, 0.4) is 0 Å². The second kappa shape index (κ2) is 4.69. The average molecular weight is 230 g/mol. The standard InChI is InChI=1S/C12H14N4O/c1-8-5-9(13-2)3-4-11(8)12(17)16-10-6-14-15-7-10/h3-7,13H,1-2H3,(H,14,15)(H,16,17). The van der Waals surface area contributed by atoms with Crippen molar-refractivity contribution in [3.63, 3.8) is 0 Å². The second-order valence-electron chi connectivity index (χ2n) is 3.72. The summed E-state index contributed by atoms with van der Waals surface area (Å²) in [6.45, 7) is 1.91. The molecule has 0 saturated carbocycles. The summed E-state index contributed by atoms with van der Waals surface area (Å²) in [5.74, 6) is -0.133. The zero-order chi connectivity index (χ0) is 12.3. The van der Waals surface area contributed by atoms with E-state index in [1.165, 1.54) is 0 Å². The van der Waals surface area contributed by atoms with E-state index in [-0.39, 0.29) is 5.91 Å². The maximum Gasteiger partial charge on any atom is 0.256 e. The fourth-order valence-electron chi connectivity index (χ4n) is 1.59. The van der Waals surface area contributed by atoms with Crippen molar-refractivity contribution in [2.45, 2.75) is 6.92 Å². The van der Waals surface area contributed by atoms with Crippen LogP contribution in [0.25, 0.3) is 0 Å². The molecule has 5 nitrogen and oxygen atoms in total. The zero-order valence-electron chi connectivity index (χ0n) is 9.74. The lowest BCUT2D eigenvalue weighted by molar-refractivity contribution is 0.102. The molecule has 0 aliphatic heterocycles. The maximum atomic E-state index is 12.0. The monoisotopic (exact) mass is 230 g/mol. The fourth-order valence-corrected chi connectivity index (χ4v) is 1.59. The van der Waals surface area contributed by atoms with E-state index in [0.29, 0.717) is 11.3 Å². The number of hydrogen-bond acceptors (Lipinski definition) is 3. The minimum absolute atomic E-state index is 0.133. The largest absolute Gasteiger partial charge is 0.388 e. The van der Waals surface area contributed by atoms with Crippen LogP contribution in [0, 0.1) is 6.92 Å². The molecule has 88 valence electrons. The molecule has 0 atom stereocenters. The minimum atomic E-state index is -0.133. The molecule has 17 heavy (non-hydrogen) atoms. The molecule has 0 aliphatic rings. The quantitative estimate of drug-likeness (QED) is 0.755. The van der Waals surface area contributed by atoms with Crippen LogP contribution in [0.5, 0.6) is 0 Å². The molecule has 0 aliphatic carbocycles. The third-order valence-corrected chi connectivity index (χ3v) is 2.52. The van der Waals surface area contributed by atoms with E-state index in [9.17, 15) is 4.79 Å². The molecule has 0 spiro atoms. The molecule has 2 rings (SSSR count). The number of H-pyrrole nitrogens is 1. The lowest BCUT2D eigenvalue weighted by Gasteiger charge is -2.08. The first-order valence-electron chi connectivity index (χ1n) is 5.29. The molecule has 0 unspecified atom stereocenters. The molecule has 1 aromatic heterocycles. The summed E-state index contributed by atoms with van der Waals surface area (Å²) in [6.07, 6.45) is 3.20. The summed E-state index contributed by atoms with van der Waals surface area (Å²) in [5, 5.41) is 12.2. The number of aromatic nitrogens is 2. The van der Waals surface area contributed by atoms with Gasteiger partial charge >= 0.3 is 0 Å². The summed E-state index contributed by atoms with van der Waals surface area (Å²) in [7, 11) is 1.85. The molecule has 0 saturated heterocycles. The third kappa shape index (κ3) is 2.44. The SMILES string of the molecule is CNc1ccc(C(=O)Nc2cn[nH]c2)c(C)c1. The summed E-state index contributed by atoms with van der Waals surface area (Å²) < 4.78 is 0. The first-order valence-corrected chi connectivity index (χ1v) is 5.29. The van der Waals surface area contributed by atoms with Crippen molar-refractivity contribution in [1.82, 2.24) is 10.2 Å². The minimum Gasteiger partial charge on any atom is -0.388 e. The Morgan fingerprint density at radius 3 is 2.76 bits per heavy atom. The molecule has 1 heterocycles. The van der Waals surface area contributed by atoms with E-state index in [1.807, 2.05) is 26.1 Å². The molecule has 3 N–H and O–H groups in total. The zero-order valence-corrected chi connectivity index (χ0v) is 9.74. The summed E-state index contributed by atoms with van der Waals surface area (Å²) in [5.41, 5.74) is 3.23. The maximum absolute atomic E-state index is 12.0. The number of anilines is 2. The van der Waals surface area contributed by atoms with Gasteiger partial charge in [0.1, 0.15) is 0 Å². The molecule has 2 aromatic rings. The Morgan fingerprint density at radius 1 is 1.35 bits per heavy atom. The Morgan fingerprint density at radius 2 is 2.18 bits per heavy atom. The molecule has 1 aromatic carbocycles. The van der Waals surface area contributed by atoms with Gasteiger partial charge in [0.05, 0.1) is 11.9 Å². The third-order valence-electron chi connectivity index (χ3n) is 2.52. The number of aromatic amines is 1. The van der Waals surface area contributed by atoms with Crippen LogP contribution in [0.1, 0.15) is 15.9 Å². The van der Waals surface area contributed by atoms with E-state index in [0.717, 1.165) is 11.3 Å². The predicted octanol–water partition coefficient (Wildman–Crippen LogP) is 2.01. The van der Waals surface area contributed by atoms with Crippen molar-refractivity contribution in [2.24, 2.45) is 0 Å². The lowest BCUT2D eigenvalue weighted by Crippen LogP contribution is -2.13. The normalized spacial score (nSPS) is 10.0. The number of amides is 1. The van der Waals surface area contributed by atoms with E-state index >= 15 is 0 Å². The van der Waals surface area contributed by atoms with Crippen LogP contribution in [-0.4, -0.2) is 23.2 Å². The van der Waals surface area contributed by atoms with Gasteiger partial charge in [-0.2, -0.15) is 5.10 Å². The van der Waals surface area contributed by atoms with Crippen LogP contribution >= 0.6 is 0 Å². The van der Waals surface area contributed by atoms with Crippen molar-refractivity contribution in [1.29, 1.82) is 0 Å². The smallest absolute Gasteiger partial charge is 0.256 e. The molecule has 0 bridgehead atoms. The highest BCUT2D eigenvalue weighted by Crippen LogP contribution is 2.16. The number of nitrogens with one attached hydrogen (secondary N) is 3. The van der Waals surface area contributed by atoms with Gasteiger partial charge in [-0.05, 0) is 30.7 Å². The Hall–Kier alpha value is -2.30. The lowest BCUT2D eigenvalue weighted by atomic mass is 10.1. The number of hydrogen-bond donors (Lipinski definition) is 3. The molecular formula is C12H14N4O. The Labute approximate surface area is 99.2 Å². The topological polar surface area (TPSA) is 69.8 Å². The molecule has 0 fully saturated rings. The first-order chi connectivity index (χ1) is 8.20. The highest BCUT2D eigenvalue weighted by Gasteiger charge is 2.09. The predicted molar refractivity (Wildman–Crippen MR) is 67.3 cm³/mol. The van der Waals surface area contributed by atoms with Crippen LogP contribution in [-0.2, 0) is 0 Å². The average Bonchev–Trinajstić information content (AvgIpc) is 2.81. The number of nitrogens with zero attached hydrogens (tertiary/aromatic N) is 1. The van der Waals surface area contributed by atoms with Gasteiger partial charge in [-0.15, -0.1) is 0 Å². The Balaban J connectivity index is 2.19. The summed E-state index contributed by atoms with van der Waals surface area (Å²) >= 11 is 0. The van der Waals surface area contributed by atoms with E-state index < -0.39 is 0 Å². The van der Waals surface area contributed by atoms with E-state index in [1.54, 1.807) is 18.5 Å². The van der Waals surface area contributed by atoms with Crippen molar-refractivity contribution >= 4 is 17.3 Å². The Kier molecular flexibility index (Phi) is 3.09. The van der Waals surface area contributed by atoms with Crippen molar-refractivity contribution in [3.05, 3.63) is 41.7 Å². The molecule has 1 amide bonds. The van der Waals surface area contributed by atoms with E-state index in [2.05, 4.69) is 20.8 Å². The van der Waals surface area contributed by atoms with Gasteiger partial charge in [-0.25, -0.2) is 0 Å². The van der Waals surface area contributed by atoms with Gasteiger partial charge in [-0.3, -0.25) is 9.89 Å². The second-order valence-corrected chi connectivity index (χ2v) is 3.72. The van der Waals surface area contributed by atoms with Crippen LogP contribution in [0.4, 0.5) is 11.4 Å². The van der Waals surface area contributed by atoms with Gasteiger partial charge in [0, 0.05) is 24.5 Å². The van der Waals surface area contributed by atoms with Crippen molar-refractivity contribution in [3.8, 4) is 0 Å². The highest BCUT2D eigenvalue weighted by molar-refractivity contribution is 6.05. The number of rotatable bonds is 3. The number of aryl methyl sites for hydroxylation is 1. The van der Waals surface area contributed by atoms with Crippen molar-refractivity contribution < 1.29 is 4.79 Å². The van der Waals surface area contributed by atoms with Gasteiger partial charge in [0.15, 0.2) is 0 Å². The number of carbonyl (C=O) groups is 1. The number of carbonyl (C=O) groups excluding carboxylic acids is 1. The summed E-state index contributed by atoms with van der Waals surface area (Å²) in [4.78, 5) is 12.0. The molecular weight excluding hydrogens is 216 g/mol. The fraction of sp³-hybridized carbons (Fsp3) is 0.167. The summed E-state index contributed by atoms with van der Waals surface area (Å²) in [6, 6.07) is 5.61. The first kappa shape index (κ1) is 11.2. The molecule has 5 heteroatoms. The van der Waals surface area contributed by atoms with Gasteiger partial charge < -0.3 is 10.6 Å². The van der Waals surface area contributed by atoms with E-state index in [4.69, 9.17) is 0 Å².